The maximum atomic E-state index is 12.7. The number of hydrogen-bond acceptors (Lipinski definition) is 6. The smallest absolute Gasteiger partial charge is 0.270 e. The van der Waals surface area contributed by atoms with Gasteiger partial charge in [-0.2, -0.15) is 0 Å². The van der Waals surface area contributed by atoms with Crippen LogP contribution in [-0.2, 0) is 14.3 Å². The number of ether oxygens (including phenoxy) is 2. The lowest BCUT2D eigenvalue weighted by atomic mass is 10.1. The van der Waals surface area contributed by atoms with Gasteiger partial charge in [0.15, 0.2) is 0 Å². The number of nitrogens with zero attached hydrogens (tertiary/aromatic N) is 3. The van der Waals surface area contributed by atoms with Gasteiger partial charge in [0.25, 0.3) is 5.91 Å². The van der Waals surface area contributed by atoms with Crippen LogP contribution >= 0.6 is 0 Å². The van der Waals surface area contributed by atoms with Crippen LogP contribution in [0.5, 0.6) is 0 Å². The van der Waals surface area contributed by atoms with E-state index in [1.165, 1.54) is 0 Å². The molecule has 0 bridgehead atoms. The molecule has 2 amide bonds. The first-order chi connectivity index (χ1) is 11.6. The number of aromatic nitrogens is 3. The second-order valence-corrected chi connectivity index (χ2v) is 5.59. The molecule has 9 nitrogen and oxygen atoms in total. The van der Waals surface area contributed by atoms with Crippen molar-refractivity contribution in [3.63, 3.8) is 0 Å². The molecule has 2 atom stereocenters. The maximum Gasteiger partial charge on any atom is 0.270 e. The number of rotatable bonds is 5. The predicted molar refractivity (Wildman–Crippen MR) is 83.3 cm³/mol. The quantitative estimate of drug-likeness (QED) is 0.756. The monoisotopic (exact) mass is 333 g/mol. The molecule has 0 spiro atoms. The highest BCUT2D eigenvalue weighted by molar-refractivity contribution is 5.94. The highest BCUT2D eigenvalue weighted by Gasteiger charge is 2.30. The fraction of sp³-hybridized carbons (Fsp3) is 0.467. The summed E-state index contributed by atoms with van der Waals surface area (Å²) in [7, 11) is 0. The average molecular weight is 333 g/mol. The van der Waals surface area contributed by atoms with E-state index in [0.29, 0.717) is 36.8 Å². The van der Waals surface area contributed by atoms with Gasteiger partial charge in [0, 0.05) is 19.0 Å². The van der Waals surface area contributed by atoms with E-state index >= 15 is 0 Å². The summed E-state index contributed by atoms with van der Waals surface area (Å²) >= 11 is 0. The zero-order chi connectivity index (χ0) is 17.1. The third-order valence-electron chi connectivity index (χ3n) is 3.84. The number of nitrogens with one attached hydrogen (secondary N) is 1. The first-order valence-electron chi connectivity index (χ1n) is 7.64. The molecule has 24 heavy (non-hydrogen) atoms. The van der Waals surface area contributed by atoms with E-state index in [0.717, 1.165) is 0 Å². The second-order valence-electron chi connectivity index (χ2n) is 5.59. The Hall–Kier alpha value is -2.52. The Bertz CT molecular complexity index is 759. The molecule has 1 aliphatic rings. The molecule has 9 heteroatoms. The molecule has 0 aromatic carbocycles. The van der Waals surface area contributed by atoms with Crippen molar-refractivity contribution in [3.05, 3.63) is 29.8 Å². The number of carbonyl (C=O) groups is 2. The fourth-order valence-electron chi connectivity index (χ4n) is 2.75. The van der Waals surface area contributed by atoms with Gasteiger partial charge >= 0.3 is 0 Å². The number of imidazole rings is 1. The van der Waals surface area contributed by atoms with Crippen molar-refractivity contribution in [2.75, 3.05) is 19.8 Å². The van der Waals surface area contributed by atoms with E-state index in [1.807, 2.05) is 0 Å². The third-order valence-corrected chi connectivity index (χ3v) is 3.84. The van der Waals surface area contributed by atoms with Gasteiger partial charge in [-0.15, -0.1) is 0 Å². The minimum Gasteiger partial charge on any atom is -0.379 e. The zero-order valence-electron chi connectivity index (χ0n) is 13.3. The van der Waals surface area contributed by atoms with Crippen LogP contribution in [-0.4, -0.2) is 58.1 Å². The minimum absolute atomic E-state index is 0.185. The number of primary amides is 1. The lowest BCUT2D eigenvalue weighted by molar-refractivity contribution is -0.128. The molecule has 0 radical (unpaired) electrons. The van der Waals surface area contributed by atoms with Crippen LogP contribution in [0, 0.1) is 6.92 Å². The summed E-state index contributed by atoms with van der Waals surface area (Å²) in [5.41, 5.74) is 6.11. The third kappa shape index (κ3) is 3.36. The first kappa shape index (κ1) is 16.3. The van der Waals surface area contributed by atoms with Gasteiger partial charge in [0.2, 0.25) is 11.7 Å². The molecule has 3 N–H and O–H groups in total. The second kappa shape index (κ2) is 6.93. The Morgan fingerprint density at radius 1 is 1.54 bits per heavy atom. The van der Waals surface area contributed by atoms with Crippen LogP contribution in [0.15, 0.2) is 18.5 Å². The molecule has 2 aromatic rings. The molecule has 128 valence electrons. The molecule has 1 fully saturated rings. The molecule has 0 saturated carbocycles. The summed E-state index contributed by atoms with van der Waals surface area (Å²) in [6, 6.07) is 1.36. The standard InChI is InChI=1S/C15H19N5O4/c1-9-13(20-5-2-4-17-15(20)18-9)14(22)19-10-7-23-6-3-11(10)24-8-12(16)21/h2,4-5,10-11H,3,6-8H2,1H3,(H2,16,21)(H,19,22)/t10-,11+/m1/s1. The topological polar surface area (TPSA) is 121 Å². The summed E-state index contributed by atoms with van der Waals surface area (Å²) in [6.07, 6.45) is 3.60. The molecule has 3 heterocycles. The Kier molecular flexibility index (Phi) is 4.72. The minimum atomic E-state index is -0.546. The number of fused-ring (bicyclic) bond motifs is 1. The van der Waals surface area contributed by atoms with Gasteiger partial charge in [-0.05, 0) is 19.4 Å². The highest BCUT2D eigenvalue weighted by Crippen LogP contribution is 2.15. The Labute approximate surface area is 138 Å². The first-order valence-corrected chi connectivity index (χ1v) is 7.64. The molecule has 0 unspecified atom stereocenters. The summed E-state index contributed by atoms with van der Waals surface area (Å²) in [5.74, 6) is -0.381. The number of hydrogen-bond donors (Lipinski definition) is 2. The van der Waals surface area contributed by atoms with Gasteiger partial charge in [-0.25, -0.2) is 9.97 Å². The molecule has 0 aliphatic carbocycles. The molecule has 1 saturated heterocycles. The van der Waals surface area contributed by atoms with E-state index in [1.54, 1.807) is 29.8 Å². The molecular weight excluding hydrogens is 314 g/mol. The highest BCUT2D eigenvalue weighted by atomic mass is 16.5. The van der Waals surface area contributed by atoms with Crippen molar-refractivity contribution < 1.29 is 19.1 Å². The van der Waals surface area contributed by atoms with Gasteiger partial charge in [-0.1, -0.05) is 0 Å². The van der Waals surface area contributed by atoms with Crippen molar-refractivity contribution in [2.45, 2.75) is 25.5 Å². The van der Waals surface area contributed by atoms with Gasteiger partial charge < -0.3 is 20.5 Å². The van der Waals surface area contributed by atoms with Crippen LogP contribution in [0.4, 0.5) is 0 Å². The molecule has 3 rings (SSSR count). The Balaban J connectivity index is 1.76. The lowest BCUT2D eigenvalue weighted by Gasteiger charge is -2.31. The van der Waals surface area contributed by atoms with Crippen molar-refractivity contribution in [3.8, 4) is 0 Å². The van der Waals surface area contributed by atoms with E-state index in [4.69, 9.17) is 15.2 Å². The van der Waals surface area contributed by atoms with Crippen molar-refractivity contribution >= 4 is 17.6 Å². The summed E-state index contributed by atoms with van der Waals surface area (Å²) < 4.78 is 12.5. The summed E-state index contributed by atoms with van der Waals surface area (Å²) in [6.45, 7) is 2.38. The van der Waals surface area contributed by atoms with Crippen LogP contribution in [0.2, 0.25) is 0 Å². The largest absolute Gasteiger partial charge is 0.379 e. The maximum absolute atomic E-state index is 12.7. The summed E-state index contributed by atoms with van der Waals surface area (Å²) in [5, 5.41) is 2.90. The van der Waals surface area contributed by atoms with Gasteiger partial charge in [0.05, 0.1) is 24.4 Å². The average Bonchev–Trinajstić information content (AvgIpc) is 2.89. The zero-order valence-corrected chi connectivity index (χ0v) is 13.3. The van der Waals surface area contributed by atoms with Crippen molar-refractivity contribution in [1.82, 2.24) is 19.7 Å². The van der Waals surface area contributed by atoms with E-state index in [-0.39, 0.29) is 24.7 Å². The van der Waals surface area contributed by atoms with Crippen LogP contribution in [0.1, 0.15) is 22.6 Å². The van der Waals surface area contributed by atoms with Gasteiger partial charge in [-0.3, -0.25) is 14.0 Å². The normalized spacial score (nSPS) is 20.9. The van der Waals surface area contributed by atoms with Gasteiger partial charge in [0.1, 0.15) is 12.3 Å². The molecular formula is C15H19N5O4. The Morgan fingerprint density at radius 2 is 2.38 bits per heavy atom. The van der Waals surface area contributed by atoms with E-state index in [9.17, 15) is 9.59 Å². The van der Waals surface area contributed by atoms with E-state index in [2.05, 4.69) is 15.3 Å². The number of amides is 2. The van der Waals surface area contributed by atoms with E-state index < -0.39 is 5.91 Å². The van der Waals surface area contributed by atoms with Crippen LogP contribution in [0.3, 0.4) is 0 Å². The number of nitrogens with two attached hydrogens (primary N) is 1. The fourth-order valence-corrected chi connectivity index (χ4v) is 2.75. The van der Waals surface area contributed by atoms with Crippen molar-refractivity contribution in [1.29, 1.82) is 0 Å². The summed E-state index contributed by atoms with van der Waals surface area (Å²) in [4.78, 5) is 32.0. The van der Waals surface area contributed by atoms with Crippen LogP contribution in [0.25, 0.3) is 5.78 Å². The molecule has 2 aromatic heterocycles. The van der Waals surface area contributed by atoms with Crippen molar-refractivity contribution in [2.24, 2.45) is 5.73 Å². The number of carbonyl (C=O) groups excluding carboxylic acids is 2. The van der Waals surface area contributed by atoms with Crippen LogP contribution < -0.4 is 11.1 Å². The predicted octanol–water partition coefficient (Wildman–Crippen LogP) is -0.573. The number of aryl methyl sites for hydroxylation is 1. The lowest BCUT2D eigenvalue weighted by Crippen LogP contribution is -2.51. The SMILES string of the molecule is Cc1nc2ncccn2c1C(=O)N[C@@H]1COCC[C@@H]1OCC(N)=O. The Morgan fingerprint density at radius 3 is 3.17 bits per heavy atom. The molecule has 1 aliphatic heterocycles.